The van der Waals surface area contributed by atoms with Crippen molar-refractivity contribution in [2.45, 2.75) is 103 Å². The molecule has 1 nitrogen and oxygen atoms in total. The molecule has 138 valence electrons. The van der Waals surface area contributed by atoms with Crippen LogP contribution in [0.2, 0.25) is 0 Å². The van der Waals surface area contributed by atoms with Gasteiger partial charge in [0.15, 0.2) is 0 Å². The molecule has 0 aromatic heterocycles. The zero-order valence-corrected chi connectivity index (χ0v) is 16.2. The number of hydrogen-bond donors (Lipinski definition) is 0. The van der Waals surface area contributed by atoms with Crippen LogP contribution >= 0.6 is 0 Å². The third kappa shape index (κ3) is 7.03. The van der Waals surface area contributed by atoms with Crippen LogP contribution in [0.25, 0.3) is 0 Å². The quantitative estimate of drug-likeness (QED) is 0.242. The summed E-state index contributed by atoms with van der Waals surface area (Å²) in [5.74, 6) is 2.86. The van der Waals surface area contributed by atoms with E-state index in [-0.39, 0.29) is 0 Å². The van der Waals surface area contributed by atoms with E-state index in [9.17, 15) is 0 Å². The first-order valence-corrected chi connectivity index (χ1v) is 10.8. The van der Waals surface area contributed by atoms with Crippen molar-refractivity contribution in [2.75, 3.05) is 0 Å². The van der Waals surface area contributed by atoms with Gasteiger partial charge in [0.1, 0.15) is 0 Å². The van der Waals surface area contributed by atoms with Crippen molar-refractivity contribution in [1.29, 1.82) is 0 Å². The molecule has 0 bridgehead atoms. The van der Waals surface area contributed by atoms with Gasteiger partial charge in [-0.05, 0) is 94.5 Å². The fraction of sp³-hybridized carbons (Fsp3) is 0.826. The van der Waals surface area contributed by atoms with Gasteiger partial charge in [0.25, 0.3) is 0 Å². The molecule has 2 aliphatic rings. The van der Waals surface area contributed by atoms with E-state index in [1.54, 1.807) is 0 Å². The molecule has 0 saturated heterocycles. The number of allylic oxidation sites excluding steroid dienone is 3. The molecule has 0 spiro atoms. The first-order valence-electron chi connectivity index (χ1n) is 10.8. The fourth-order valence-corrected chi connectivity index (χ4v) is 4.52. The van der Waals surface area contributed by atoms with Crippen molar-refractivity contribution in [3.63, 3.8) is 0 Å². The summed E-state index contributed by atoms with van der Waals surface area (Å²) >= 11 is 0. The molecule has 0 amide bonds. The van der Waals surface area contributed by atoms with E-state index in [1.807, 2.05) is 6.26 Å². The molecule has 2 saturated carbocycles. The molecule has 0 N–H and O–H groups in total. The highest BCUT2D eigenvalue weighted by Gasteiger charge is 2.30. The van der Waals surface area contributed by atoms with E-state index in [4.69, 9.17) is 4.74 Å². The molecular weight excluding hydrogens is 292 g/mol. The fourth-order valence-electron chi connectivity index (χ4n) is 4.52. The van der Waals surface area contributed by atoms with Crippen molar-refractivity contribution in [3.05, 3.63) is 24.5 Å². The highest BCUT2D eigenvalue weighted by Crippen LogP contribution is 2.40. The lowest BCUT2D eigenvalue weighted by atomic mass is 9.70. The minimum atomic E-state index is 0.493. The van der Waals surface area contributed by atoms with E-state index >= 15 is 0 Å². The van der Waals surface area contributed by atoms with E-state index in [0.717, 1.165) is 17.8 Å². The Morgan fingerprint density at radius 3 is 2.04 bits per heavy atom. The van der Waals surface area contributed by atoms with Gasteiger partial charge in [-0.15, -0.1) is 0 Å². The van der Waals surface area contributed by atoms with Gasteiger partial charge < -0.3 is 4.74 Å². The minimum absolute atomic E-state index is 0.493. The predicted octanol–water partition coefficient (Wildman–Crippen LogP) is 7.43. The van der Waals surface area contributed by atoms with Crippen molar-refractivity contribution >= 4 is 0 Å². The highest BCUT2D eigenvalue weighted by molar-refractivity contribution is 4.92. The van der Waals surface area contributed by atoms with Crippen LogP contribution in [0, 0.1) is 17.8 Å². The molecule has 0 aromatic carbocycles. The van der Waals surface area contributed by atoms with E-state index in [2.05, 4.69) is 32.1 Å². The smallest absolute Gasteiger partial charge is 0.0978 e. The van der Waals surface area contributed by atoms with Crippen LogP contribution in [0.1, 0.15) is 97.3 Å². The van der Waals surface area contributed by atoms with E-state index in [0.29, 0.717) is 6.10 Å². The van der Waals surface area contributed by atoms with Crippen LogP contribution in [0.3, 0.4) is 0 Å². The normalized spacial score (nSPS) is 31.8. The van der Waals surface area contributed by atoms with E-state index in [1.165, 1.54) is 83.5 Å². The maximum Gasteiger partial charge on any atom is 0.0978 e. The number of rotatable bonds is 9. The third-order valence-corrected chi connectivity index (χ3v) is 6.16. The van der Waals surface area contributed by atoms with Gasteiger partial charge in [0, 0.05) is 0 Å². The zero-order chi connectivity index (χ0) is 17.0. The van der Waals surface area contributed by atoms with Crippen molar-refractivity contribution < 1.29 is 4.74 Å². The van der Waals surface area contributed by atoms with Crippen molar-refractivity contribution in [3.8, 4) is 0 Å². The van der Waals surface area contributed by atoms with E-state index < -0.39 is 0 Å². The molecule has 0 heterocycles. The van der Waals surface area contributed by atoms with Crippen LogP contribution in [-0.4, -0.2) is 6.10 Å². The topological polar surface area (TPSA) is 9.23 Å². The second-order valence-electron chi connectivity index (χ2n) is 8.08. The first-order chi connectivity index (χ1) is 11.8. The number of unbranched alkanes of at least 4 members (excludes halogenated alkanes) is 3. The van der Waals surface area contributed by atoms with Crippen molar-refractivity contribution in [2.24, 2.45) is 17.8 Å². The third-order valence-electron chi connectivity index (χ3n) is 6.16. The zero-order valence-electron chi connectivity index (χ0n) is 16.2. The molecule has 24 heavy (non-hydrogen) atoms. The molecule has 1 heteroatoms. The van der Waals surface area contributed by atoms with Gasteiger partial charge in [-0.25, -0.2) is 0 Å². The molecule has 2 aliphatic carbocycles. The largest absolute Gasteiger partial charge is 0.498 e. The Labute approximate surface area is 150 Å². The summed E-state index contributed by atoms with van der Waals surface area (Å²) < 4.78 is 5.95. The maximum absolute atomic E-state index is 5.95. The minimum Gasteiger partial charge on any atom is -0.498 e. The molecule has 0 atom stereocenters. The Bertz CT molecular complexity index is 354. The molecule has 0 unspecified atom stereocenters. The first kappa shape index (κ1) is 19.6. The summed E-state index contributed by atoms with van der Waals surface area (Å²) in [6.07, 6.45) is 27.0. The van der Waals surface area contributed by atoms with Crippen LogP contribution in [0.15, 0.2) is 24.5 Å². The highest BCUT2D eigenvalue weighted by atomic mass is 16.5. The van der Waals surface area contributed by atoms with Gasteiger partial charge in [0.05, 0.1) is 12.4 Å². The number of ether oxygens (including phenoxy) is 1. The summed E-state index contributed by atoms with van der Waals surface area (Å²) in [5, 5.41) is 0. The second kappa shape index (κ2) is 11.8. The van der Waals surface area contributed by atoms with Gasteiger partial charge in [-0.3, -0.25) is 0 Å². The molecule has 0 aliphatic heterocycles. The molecule has 0 radical (unpaired) electrons. The summed E-state index contributed by atoms with van der Waals surface area (Å²) in [4.78, 5) is 0. The Balaban J connectivity index is 1.60. The Kier molecular flexibility index (Phi) is 9.61. The van der Waals surface area contributed by atoms with Crippen LogP contribution in [0.5, 0.6) is 0 Å². The molecule has 2 fully saturated rings. The lowest BCUT2D eigenvalue weighted by Crippen LogP contribution is -2.27. The average molecular weight is 333 g/mol. The molecular formula is C23H40O. The van der Waals surface area contributed by atoms with Crippen LogP contribution in [0.4, 0.5) is 0 Å². The van der Waals surface area contributed by atoms with Gasteiger partial charge in [0.2, 0.25) is 0 Å². The Morgan fingerprint density at radius 1 is 0.750 bits per heavy atom. The van der Waals surface area contributed by atoms with Crippen LogP contribution in [-0.2, 0) is 4.74 Å². The molecule has 2 rings (SSSR count). The summed E-state index contributed by atoms with van der Waals surface area (Å²) in [5.41, 5.74) is 0. The Hall–Kier alpha value is -0.720. The van der Waals surface area contributed by atoms with Gasteiger partial charge in [-0.2, -0.15) is 0 Å². The molecule has 0 aromatic rings. The standard InChI is InChI=1S/C23H40O/c1-3-5-7-9-19-24-23-17-15-22(16-18-23)21-13-11-20(12-14-21)10-8-6-4-2/h8-10,19-23H,3-7,11-18H2,1-2H3/b10-8+,19-9+/t20-,21-,22?,23?. The van der Waals surface area contributed by atoms with Gasteiger partial charge >= 0.3 is 0 Å². The number of hydrogen-bond acceptors (Lipinski definition) is 1. The average Bonchev–Trinajstić information content (AvgIpc) is 2.63. The monoisotopic (exact) mass is 332 g/mol. The second-order valence-corrected chi connectivity index (χ2v) is 8.08. The maximum atomic E-state index is 5.95. The SMILES string of the molecule is CCC/C=C/[C@H]1CC[C@H](C2CCC(O/C=C/CCCC)CC2)CC1. The predicted molar refractivity (Wildman–Crippen MR) is 105 cm³/mol. The lowest BCUT2D eigenvalue weighted by Gasteiger charge is -2.37. The summed E-state index contributed by atoms with van der Waals surface area (Å²) in [6, 6.07) is 0. The van der Waals surface area contributed by atoms with Crippen molar-refractivity contribution in [1.82, 2.24) is 0 Å². The van der Waals surface area contributed by atoms with Crippen LogP contribution < -0.4 is 0 Å². The lowest BCUT2D eigenvalue weighted by molar-refractivity contribution is 0.0649. The Morgan fingerprint density at radius 2 is 1.42 bits per heavy atom. The summed E-state index contributed by atoms with van der Waals surface area (Å²) in [7, 11) is 0. The van der Waals surface area contributed by atoms with Gasteiger partial charge in [-0.1, -0.05) is 38.8 Å². The summed E-state index contributed by atoms with van der Waals surface area (Å²) in [6.45, 7) is 4.51.